The lowest BCUT2D eigenvalue weighted by molar-refractivity contribution is 0.129. The van der Waals surface area contributed by atoms with E-state index < -0.39 is 5.54 Å². The van der Waals surface area contributed by atoms with Gasteiger partial charge in [-0.25, -0.2) is 0 Å². The molecule has 1 aliphatic heterocycles. The summed E-state index contributed by atoms with van der Waals surface area (Å²) in [4.78, 5) is 6.50. The van der Waals surface area contributed by atoms with Crippen molar-refractivity contribution in [2.75, 3.05) is 26.2 Å². The number of nitrogens with one attached hydrogen (secondary N) is 1. The maximum atomic E-state index is 9.44. The van der Waals surface area contributed by atoms with Crippen molar-refractivity contribution in [1.29, 1.82) is 5.26 Å². The second-order valence-corrected chi connectivity index (χ2v) is 4.14. The van der Waals surface area contributed by atoms with Gasteiger partial charge in [0.2, 0.25) is 0 Å². The smallest absolute Gasteiger partial charge is 0.148 e. The van der Waals surface area contributed by atoms with Crippen LogP contribution < -0.4 is 5.32 Å². The van der Waals surface area contributed by atoms with Crippen molar-refractivity contribution in [3.05, 3.63) is 30.1 Å². The highest BCUT2D eigenvalue weighted by molar-refractivity contribution is 5.24. The van der Waals surface area contributed by atoms with Gasteiger partial charge in [-0.15, -0.1) is 0 Å². The molecule has 1 aliphatic rings. The first-order valence-electron chi connectivity index (χ1n) is 5.56. The van der Waals surface area contributed by atoms with E-state index in [9.17, 15) is 5.26 Å². The Balaban J connectivity index is 2.29. The highest BCUT2D eigenvalue weighted by atomic mass is 15.2. The molecule has 0 bridgehead atoms. The molecule has 1 aromatic rings. The molecule has 0 radical (unpaired) electrons. The minimum absolute atomic E-state index is 0.608. The van der Waals surface area contributed by atoms with E-state index in [4.69, 9.17) is 0 Å². The Morgan fingerprint density at radius 2 is 2.19 bits per heavy atom. The second kappa shape index (κ2) is 4.60. The SMILES string of the molecule is CC(C#N)(c1ccccn1)N1CCNCC1. The molecule has 16 heavy (non-hydrogen) atoms. The molecule has 0 spiro atoms. The molecule has 2 heterocycles. The zero-order valence-electron chi connectivity index (χ0n) is 9.48. The van der Waals surface area contributed by atoms with Crippen LogP contribution in [0.4, 0.5) is 0 Å². The van der Waals surface area contributed by atoms with E-state index in [-0.39, 0.29) is 0 Å². The molecule has 84 valence electrons. The van der Waals surface area contributed by atoms with Gasteiger partial charge in [-0.3, -0.25) is 9.88 Å². The van der Waals surface area contributed by atoms with Gasteiger partial charge in [-0.2, -0.15) is 5.26 Å². The number of nitrogens with zero attached hydrogens (tertiary/aromatic N) is 3. The Morgan fingerprint density at radius 3 is 2.75 bits per heavy atom. The third-order valence-electron chi connectivity index (χ3n) is 3.13. The van der Waals surface area contributed by atoms with Crippen LogP contribution in [0.15, 0.2) is 24.4 Å². The normalized spacial score (nSPS) is 21.0. The average molecular weight is 216 g/mol. The lowest BCUT2D eigenvalue weighted by Crippen LogP contribution is -2.52. The predicted molar refractivity (Wildman–Crippen MR) is 61.6 cm³/mol. The Labute approximate surface area is 95.9 Å². The molecule has 1 aromatic heterocycles. The molecule has 4 nitrogen and oxygen atoms in total. The van der Waals surface area contributed by atoms with Crippen LogP contribution in [-0.2, 0) is 5.54 Å². The highest BCUT2D eigenvalue weighted by Gasteiger charge is 2.35. The van der Waals surface area contributed by atoms with E-state index in [1.54, 1.807) is 6.20 Å². The molecule has 1 fully saturated rings. The van der Waals surface area contributed by atoms with Crippen molar-refractivity contribution in [3.8, 4) is 6.07 Å². The van der Waals surface area contributed by atoms with E-state index in [1.807, 2.05) is 25.1 Å². The van der Waals surface area contributed by atoms with Gasteiger partial charge in [0.15, 0.2) is 0 Å². The maximum absolute atomic E-state index is 9.44. The number of pyridine rings is 1. The molecule has 1 atom stereocenters. The fraction of sp³-hybridized carbons (Fsp3) is 0.500. The number of nitriles is 1. The minimum atomic E-state index is -0.608. The summed E-state index contributed by atoms with van der Waals surface area (Å²) < 4.78 is 0. The summed E-state index contributed by atoms with van der Waals surface area (Å²) in [6.45, 7) is 5.59. The second-order valence-electron chi connectivity index (χ2n) is 4.14. The van der Waals surface area contributed by atoms with Gasteiger partial charge in [-0.1, -0.05) is 6.07 Å². The van der Waals surface area contributed by atoms with Gasteiger partial charge < -0.3 is 5.32 Å². The zero-order valence-corrected chi connectivity index (χ0v) is 9.48. The number of aromatic nitrogens is 1. The minimum Gasteiger partial charge on any atom is -0.314 e. The summed E-state index contributed by atoms with van der Waals surface area (Å²) in [5, 5.41) is 12.7. The van der Waals surface area contributed by atoms with E-state index in [1.165, 1.54) is 0 Å². The fourth-order valence-corrected chi connectivity index (χ4v) is 2.05. The standard InChI is InChI=1S/C12H16N4/c1-12(10-13,11-4-2-3-5-15-11)16-8-6-14-7-9-16/h2-5,14H,6-9H2,1H3. The molecule has 2 rings (SSSR count). The molecular weight excluding hydrogens is 200 g/mol. The summed E-state index contributed by atoms with van der Waals surface area (Å²) in [7, 11) is 0. The lowest BCUT2D eigenvalue weighted by Gasteiger charge is -2.38. The Morgan fingerprint density at radius 1 is 1.44 bits per heavy atom. The number of hydrogen-bond acceptors (Lipinski definition) is 4. The summed E-state index contributed by atoms with van der Waals surface area (Å²) in [5.41, 5.74) is 0.225. The Kier molecular flexibility index (Phi) is 3.18. The number of piperazine rings is 1. The molecule has 1 unspecified atom stereocenters. The topological polar surface area (TPSA) is 52.0 Å². The first-order valence-corrected chi connectivity index (χ1v) is 5.56. The zero-order chi connectivity index (χ0) is 11.4. The molecule has 0 aromatic carbocycles. The van der Waals surface area contributed by atoms with Crippen molar-refractivity contribution in [2.45, 2.75) is 12.5 Å². The molecule has 0 saturated carbocycles. The Hall–Kier alpha value is -1.44. The van der Waals surface area contributed by atoms with Gasteiger partial charge in [-0.05, 0) is 19.1 Å². The largest absolute Gasteiger partial charge is 0.314 e. The van der Waals surface area contributed by atoms with Crippen LogP contribution in [-0.4, -0.2) is 36.1 Å². The molecular formula is C12H16N4. The van der Waals surface area contributed by atoms with Crippen LogP contribution >= 0.6 is 0 Å². The third kappa shape index (κ3) is 1.92. The first-order chi connectivity index (χ1) is 7.77. The van der Waals surface area contributed by atoms with Crippen LogP contribution in [0, 0.1) is 11.3 Å². The summed E-state index contributed by atoms with van der Waals surface area (Å²) in [6.07, 6.45) is 1.74. The number of rotatable bonds is 2. The quantitative estimate of drug-likeness (QED) is 0.791. The van der Waals surface area contributed by atoms with E-state index >= 15 is 0 Å². The van der Waals surface area contributed by atoms with Crippen LogP contribution in [0.2, 0.25) is 0 Å². The Bertz CT molecular complexity index is 378. The van der Waals surface area contributed by atoms with Crippen LogP contribution in [0.5, 0.6) is 0 Å². The summed E-state index contributed by atoms with van der Waals surface area (Å²) in [6, 6.07) is 8.13. The van der Waals surface area contributed by atoms with E-state index in [0.717, 1.165) is 31.9 Å². The lowest BCUT2D eigenvalue weighted by atomic mass is 9.95. The average Bonchev–Trinajstić information content (AvgIpc) is 2.40. The van der Waals surface area contributed by atoms with E-state index in [0.29, 0.717) is 0 Å². The van der Waals surface area contributed by atoms with Crippen molar-refractivity contribution in [3.63, 3.8) is 0 Å². The van der Waals surface area contributed by atoms with Crippen molar-refractivity contribution >= 4 is 0 Å². The third-order valence-corrected chi connectivity index (χ3v) is 3.13. The summed E-state index contributed by atoms with van der Waals surface area (Å²) >= 11 is 0. The molecule has 0 amide bonds. The van der Waals surface area contributed by atoms with Crippen LogP contribution in [0.1, 0.15) is 12.6 Å². The highest BCUT2D eigenvalue weighted by Crippen LogP contribution is 2.25. The van der Waals surface area contributed by atoms with Crippen molar-refractivity contribution < 1.29 is 0 Å². The van der Waals surface area contributed by atoms with Gasteiger partial charge in [0, 0.05) is 32.4 Å². The van der Waals surface area contributed by atoms with Gasteiger partial charge >= 0.3 is 0 Å². The van der Waals surface area contributed by atoms with Gasteiger partial charge in [0.1, 0.15) is 5.54 Å². The first kappa shape index (κ1) is 11.1. The van der Waals surface area contributed by atoms with Crippen molar-refractivity contribution in [1.82, 2.24) is 15.2 Å². The molecule has 0 aliphatic carbocycles. The maximum Gasteiger partial charge on any atom is 0.148 e. The van der Waals surface area contributed by atoms with Crippen LogP contribution in [0.3, 0.4) is 0 Å². The molecule has 1 N–H and O–H groups in total. The molecule has 4 heteroatoms. The number of hydrogen-bond donors (Lipinski definition) is 1. The predicted octanol–water partition coefficient (Wildman–Crippen LogP) is 0.726. The van der Waals surface area contributed by atoms with Crippen molar-refractivity contribution in [2.24, 2.45) is 0 Å². The summed E-state index contributed by atoms with van der Waals surface area (Å²) in [5.74, 6) is 0. The monoisotopic (exact) mass is 216 g/mol. The van der Waals surface area contributed by atoms with E-state index in [2.05, 4.69) is 21.3 Å². The van der Waals surface area contributed by atoms with Crippen LogP contribution in [0.25, 0.3) is 0 Å². The fourth-order valence-electron chi connectivity index (χ4n) is 2.05. The van der Waals surface area contributed by atoms with Gasteiger partial charge in [0.25, 0.3) is 0 Å². The van der Waals surface area contributed by atoms with Gasteiger partial charge in [0.05, 0.1) is 11.8 Å². The molecule has 1 saturated heterocycles.